The van der Waals surface area contributed by atoms with Gasteiger partial charge in [0, 0.05) is 17.1 Å². The molecule has 1 aliphatic carbocycles. The van der Waals surface area contributed by atoms with Gasteiger partial charge in [-0.3, -0.25) is 4.79 Å². The number of hydrogen-bond donors (Lipinski definition) is 1. The van der Waals surface area contributed by atoms with E-state index >= 15 is 0 Å². The van der Waals surface area contributed by atoms with Crippen molar-refractivity contribution < 1.29 is 4.79 Å². The number of carbonyl (C=O) groups is 1. The van der Waals surface area contributed by atoms with Gasteiger partial charge in [0.1, 0.15) is 0 Å². The van der Waals surface area contributed by atoms with Crippen molar-refractivity contribution in [3.05, 3.63) is 40.9 Å². The number of hydrogen-bond acceptors (Lipinski definition) is 1. The summed E-state index contributed by atoms with van der Waals surface area (Å²) in [5.41, 5.74) is 1.25. The molecule has 0 unspecified atom stereocenters. The first-order valence-corrected chi connectivity index (χ1v) is 8.47. The molecular weight excluding hydrogens is 294 g/mol. The van der Waals surface area contributed by atoms with E-state index < -0.39 is 0 Å². The van der Waals surface area contributed by atoms with Gasteiger partial charge in [0.2, 0.25) is 5.91 Å². The molecule has 0 saturated heterocycles. The van der Waals surface area contributed by atoms with Crippen LogP contribution < -0.4 is 5.32 Å². The van der Waals surface area contributed by atoms with Crippen LogP contribution in [0.4, 0.5) is 0 Å². The smallest absolute Gasteiger partial charge is 0.244 e. The van der Waals surface area contributed by atoms with Crippen molar-refractivity contribution in [1.82, 2.24) is 5.32 Å². The van der Waals surface area contributed by atoms with Crippen LogP contribution >= 0.6 is 11.6 Å². The second kappa shape index (κ2) is 7.32. The van der Waals surface area contributed by atoms with E-state index in [1.54, 1.807) is 12.2 Å². The second-order valence-electron chi connectivity index (χ2n) is 7.28. The van der Waals surface area contributed by atoms with Crippen LogP contribution in [0.25, 0.3) is 6.08 Å². The van der Waals surface area contributed by atoms with E-state index in [9.17, 15) is 4.79 Å². The molecule has 0 atom stereocenters. The molecule has 1 aromatic rings. The topological polar surface area (TPSA) is 29.1 Å². The first-order chi connectivity index (χ1) is 10.4. The summed E-state index contributed by atoms with van der Waals surface area (Å²) in [6.07, 6.45) is 7.90. The lowest BCUT2D eigenvalue weighted by Crippen LogP contribution is -2.38. The molecular formula is C19H26ClNO. The highest BCUT2D eigenvalue weighted by Crippen LogP contribution is 2.37. The molecule has 1 aliphatic rings. The zero-order chi connectivity index (χ0) is 16.2. The Hall–Kier alpha value is -1.28. The van der Waals surface area contributed by atoms with Gasteiger partial charge >= 0.3 is 0 Å². The average Bonchev–Trinajstić information content (AvgIpc) is 2.46. The van der Waals surface area contributed by atoms with Crippen LogP contribution in [-0.2, 0) is 4.79 Å². The maximum atomic E-state index is 12.0. The Balaban J connectivity index is 1.83. The molecule has 22 heavy (non-hydrogen) atoms. The van der Waals surface area contributed by atoms with E-state index in [2.05, 4.69) is 26.1 Å². The van der Waals surface area contributed by atoms with Gasteiger partial charge in [-0.1, -0.05) is 50.6 Å². The Labute approximate surface area is 138 Å². The van der Waals surface area contributed by atoms with Gasteiger partial charge in [-0.2, -0.15) is 0 Å². The highest BCUT2D eigenvalue weighted by atomic mass is 35.5. The molecule has 2 nitrogen and oxygen atoms in total. The summed E-state index contributed by atoms with van der Waals surface area (Å²) in [6.45, 7) is 6.93. The molecule has 1 saturated carbocycles. The van der Waals surface area contributed by atoms with E-state index in [1.165, 1.54) is 12.8 Å². The van der Waals surface area contributed by atoms with E-state index in [4.69, 9.17) is 11.6 Å². The van der Waals surface area contributed by atoms with Crippen LogP contribution in [0.2, 0.25) is 5.02 Å². The summed E-state index contributed by atoms with van der Waals surface area (Å²) in [5.74, 6) is 0.735. The van der Waals surface area contributed by atoms with Crippen LogP contribution in [0.1, 0.15) is 52.0 Å². The molecule has 0 heterocycles. The summed E-state index contributed by atoms with van der Waals surface area (Å²) in [4.78, 5) is 12.0. The first kappa shape index (κ1) is 17.1. The molecule has 0 spiro atoms. The standard InChI is InChI=1S/C19H26ClNO/c1-19(2,3)15-9-11-16(12-10-15)21-18(22)13-8-14-6-4-5-7-17(14)20/h4-8,13,15-16H,9-12H2,1-3H3,(H,21,22)/b13-8+. The van der Waals surface area contributed by atoms with E-state index in [-0.39, 0.29) is 5.91 Å². The third-order valence-corrected chi connectivity index (χ3v) is 4.96. The van der Waals surface area contributed by atoms with Gasteiger partial charge in [-0.15, -0.1) is 0 Å². The molecule has 3 heteroatoms. The lowest BCUT2D eigenvalue weighted by atomic mass is 9.71. The van der Waals surface area contributed by atoms with E-state index in [0.717, 1.165) is 24.3 Å². The van der Waals surface area contributed by atoms with Crippen molar-refractivity contribution >= 4 is 23.6 Å². The van der Waals surface area contributed by atoms with E-state index in [0.29, 0.717) is 16.5 Å². The van der Waals surface area contributed by atoms with Gasteiger partial charge < -0.3 is 5.32 Å². The number of rotatable bonds is 3. The largest absolute Gasteiger partial charge is 0.350 e. The highest BCUT2D eigenvalue weighted by Gasteiger charge is 2.29. The Morgan fingerprint density at radius 3 is 2.41 bits per heavy atom. The van der Waals surface area contributed by atoms with Gasteiger partial charge in [0.15, 0.2) is 0 Å². The quantitative estimate of drug-likeness (QED) is 0.774. The second-order valence-corrected chi connectivity index (χ2v) is 7.69. The van der Waals surface area contributed by atoms with Crippen molar-refractivity contribution in [3.63, 3.8) is 0 Å². The van der Waals surface area contributed by atoms with Crippen molar-refractivity contribution in [1.29, 1.82) is 0 Å². The third-order valence-electron chi connectivity index (χ3n) is 4.62. The summed E-state index contributed by atoms with van der Waals surface area (Å²) < 4.78 is 0. The minimum absolute atomic E-state index is 0.0286. The van der Waals surface area contributed by atoms with Crippen LogP contribution in [0.3, 0.4) is 0 Å². The lowest BCUT2D eigenvalue weighted by molar-refractivity contribution is -0.117. The molecule has 0 aliphatic heterocycles. The fraction of sp³-hybridized carbons (Fsp3) is 0.526. The zero-order valence-corrected chi connectivity index (χ0v) is 14.5. The third kappa shape index (κ3) is 4.88. The number of amides is 1. The number of halogens is 1. The summed E-state index contributed by atoms with van der Waals surface area (Å²) in [5, 5.41) is 3.78. The number of benzene rings is 1. The van der Waals surface area contributed by atoms with Crippen molar-refractivity contribution in [2.24, 2.45) is 11.3 Å². The fourth-order valence-corrected chi connectivity index (χ4v) is 3.33. The molecule has 1 aromatic carbocycles. The van der Waals surface area contributed by atoms with Crippen molar-refractivity contribution in [3.8, 4) is 0 Å². The SMILES string of the molecule is CC(C)(C)C1CCC(NC(=O)/C=C/c2ccccc2Cl)CC1. The summed E-state index contributed by atoms with van der Waals surface area (Å²) >= 11 is 6.08. The fourth-order valence-electron chi connectivity index (χ4n) is 3.13. The Kier molecular flexibility index (Phi) is 5.69. The van der Waals surface area contributed by atoms with Gasteiger partial charge in [-0.05, 0) is 54.7 Å². The molecule has 2 rings (SSSR count). The zero-order valence-electron chi connectivity index (χ0n) is 13.7. The normalized spacial score (nSPS) is 22.7. The Morgan fingerprint density at radius 1 is 1.18 bits per heavy atom. The maximum Gasteiger partial charge on any atom is 0.244 e. The Bertz CT molecular complexity index is 537. The highest BCUT2D eigenvalue weighted by molar-refractivity contribution is 6.32. The molecule has 120 valence electrons. The molecule has 1 amide bonds. The first-order valence-electron chi connectivity index (χ1n) is 8.09. The van der Waals surface area contributed by atoms with Crippen LogP contribution in [0.15, 0.2) is 30.3 Å². The van der Waals surface area contributed by atoms with Gasteiger partial charge in [-0.25, -0.2) is 0 Å². The van der Waals surface area contributed by atoms with Crippen molar-refractivity contribution in [2.75, 3.05) is 0 Å². The molecule has 0 aromatic heterocycles. The predicted octanol–water partition coefficient (Wildman–Crippen LogP) is 5.07. The Morgan fingerprint density at radius 2 is 1.82 bits per heavy atom. The molecule has 0 radical (unpaired) electrons. The van der Waals surface area contributed by atoms with Crippen molar-refractivity contribution in [2.45, 2.75) is 52.5 Å². The number of nitrogens with one attached hydrogen (secondary N) is 1. The predicted molar refractivity (Wildman–Crippen MR) is 93.8 cm³/mol. The van der Waals surface area contributed by atoms with E-state index in [1.807, 2.05) is 24.3 Å². The van der Waals surface area contributed by atoms with Gasteiger partial charge in [0.05, 0.1) is 0 Å². The molecule has 0 bridgehead atoms. The van der Waals surface area contributed by atoms with Crippen LogP contribution in [0, 0.1) is 11.3 Å². The lowest BCUT2D eigenvalue weighted by Gasteiger charge is -2.37. The summed E-state index contributed by atoms with van der Waals surface area (Å²) in [6, 6.07) is 7.83. The number of carbonyl (C=O) groups excluding carboxylic acids is 1. The molecule has 1 N–H and O–H groups in total. The summed E-state index contributed by atoms with van der Waals surface area (Å²) in [7, 11) is 0. The van der Waals surface area contributed by atoms with Crippen LogP contribution in [0.5, 0.6) is 0 Å². The molecule has 1 fully saturated rings. The van der Waals surface area contributed by atoms with Crippen LogP contribution in [-0.4, -0.2) is 11.9 Å². The maximum absolute atomic E-state index is 12.0. The van der Waals surface area contributed by atoms with Gasteiger partial charge in [0.25, 0.3) is 0 Å². The minimum Gasteiger partial charge on any atom is -0.350 e. The minimum atomic E-state index is -0.0286. The monoisotopic (exact) mass is 319 g/mol. The average molecular weight is 320 g/mol.